The van der Waals surface area contributed by atoms with Crippen molar-refractivity contribution in [2.24, 2.45) is 10.9 Å². The van der Waals surface area contributed by atoms with Crippen molar-refractivity contribution in [3.63, 3.8) is 0 Å². The van der Waals surface area contributed by atoms with Gasteiger partial charge in [0.2, 0.25) is 0 Å². The van der Waals surface area contributed by atoms with E-state index >= 15 is 0 Å². The van der Waals surface area contributed by atoms with Crippen LogP contribution in [-0.2, 0) is 19.1 Å². The zero-order valence-corrected chi connectivity index (χ0v) is 26.4. The van der Waals surface area contributed by atoms with E-state index in [9.17, 15) is 14.4 Å². The molecule has 45 heavy (non-hydrogen) atoms. The summed E-state index contributed by atoms with van der Waals surface area (Å²) < 4.78 is 15.7. The lowest BCUT2D eigenvalue weighted by Crippen LogP contribution is -2.36. The smallest absolute Gasteiger partial charge is 0.336 e. The van der Waals surface area contributed by atoms with E-state index in [2.05, 4.69) is 38.6 Å². The number of nitrogens with one attached hydrogen (secondary N) is 2. The number of esters is 2. The summed E-state index contributed by atoms with van der Waals surface area (Å²) in [6.45, 7) is 7.14. The molecule has 0 saturated carbocycles. The van der Waals surface area contributed by atoms with Gasteiger partial charge in [-0.3, -0.25) is 9.79 Å². The molecule has 238 valence electrons. The highest BCUT2D eigenvalue weighted by Gasteiger charge is 2.42. The van der Waals surface area contributed by atoms with Gasteiger partial charge in [0, 0.05) is 29.6 Å². The van der Waals surface area contributed by atoms with Gasteiger partial charge < -0.3 is 29.7 Å². The molecule has 0 spiro atoms. The molecule has 1 fully saturated rings. The highest BCUT2D eigenvalue weighted by Crippen LogP contribution is 2.40. The molecule has 2 atom stereocenters. The fourth-order valence-electron chi connectivity index (χ4n) is 6.17. The molecule has 2 amide bonds. The SMILES string of the molecule is C#CCOc1cccc(C2CCN(CCCNC(=O)Nc3cccc(C4C(C(=O)OC)=C(C)N=C(C)C4C(=O)OC)c3)CC2)c1. The van der Waals surface area contributed by atoms with Crippen LogP contribution in [0, 0.1) is 18.3 Å². The minimum Gasteiger partial charge on any atom is -0.481 e. The van der Waals surface area contributed by atoms with E-state index in [1.54, 1.807) is 32.0 Å². The Balaban J connectivity index is 1.28. The van der Waals surface area contributed by atoms with Crippen LogP contribution >= 0.6 is 0 Å². The number of allylic oxidation sites excluding steroid dienone is 1. The normalized spacial score (nSPS) is 18.8. The quantitative estimate of drug-likeness (QED) is 0.210. The van der Waals surface area contributed by atoms with Crippen LogP contribution in [0.2, 0.25) is 0 Å². The van der Waals surface area contributed by atoms with E-state index in [0.29, 0.717) is 35.1 Å². The van der Waals surface area contributed by atoms with Gasteiger partial charge in [0.25, 0.3) is 0 Å². The number of piperidine rings is 1. The zero-order chi connectivity index (χ0) is 32.3. The molecular weight excluding hydrogens is 572 g/mol. The summed E-state index contributed by atoms with van der Waals surface area (Å²) in [5.41, 5.74) is 3.78. The van der Waals surface area contributed by atoms with Gasteiger partial charge in [0.1, 0.15) is 18.3 Å². The third kappa shape index (κ3) is 8.52. The van der Waals surface area contributed by atoms with Gasteiger partial charge in [0.05, 0.1) is 19.8 Å². The number of hydrogen-bond donors (Lipinski definition) is 2. The van der Waals surface area contributed by atoms with Crippen LogP contribution in [0.3, 0.4) is 0 Å². The van der Waals surface area contributed by atoms with Gasteiger partial charge in [-0.05, 0) is 94.1 Å². The molecule has 10 heteroatoms. The molecule has 2 unspecified atom stereocenters. The van der Waals surface area contributed by atoms with Crippen molar-refractivity contribution in [3.8, 4) is 18.1 Å². The predicted octanol–water partition coefficient (Wildman–Crippen LogP) is 4.88. The number of urea groups is 1. The number of benzene rings is 2. The predicted molar refractivity (Wildman–Crippen MR) is 173 cm³/mol. The Morgan fingerprint density at radius 3 is 2.47 bits per heavy atom. The first kappa shape index (κ1) is 33.3. The lowest BCUT2D eigenvalue weighted by atomic mass is 9.75. The van der Waals surface area contributed by atoms with Crippen molar-refractivity contribution >= 4 is 29.4 Å². The van der Waals surface area contributed by atoms with E-state index < -0.39 is 23.8 Å². The first-order chi connectivity index (χ1) is 21.7. The maximum Gasteiger partial charge on any atom is 0.336 e. The molecule has 4 rings (SSSR count). The van der Waals surface area contributed by atoms with Crippen molar-refractivity contribution in [1.82, 2.24) is 10.2 Å². The van der Waals surface area contributed by atoms with Gasteiger partial charge >= 0.3 is 18.0 Å². The van der Waals surface area contributed by atoms with E-state index in [0.717, 1.165) is 44.6 Å². The van der Waals surface area contributed by atoms with Crippen molar-refractivity contribution in [3.05, 3.63) is 70.9 Å². The average Bonchev–Trinajstić information content (AvgIpc) is 3.05. The largest absolute Gasteiger partial charge is 0.481 e. The summed E-state index contributed by atoms with van der Waals surface area (Å²) in [6, 6.07) is 15.0. The lowest BCUT2D eigenvalue weighted by molar-refractivity contribution is -0.143. The molecule has 2 aromatic carbocycles. The van der Waals surface area contributed by atoms with Gasteiger partial charge in [-0.25, -0.2) is 9.59 Å². The minimum absolute atomic E-state index is 0.267. The summed E-state index contributed by atoms with van der Waals surface area (Å²) in [4.78, 5) is 45.2. The van der Waals surface area contributed by atoms with Crippen LogP contribution in [0.4, 0.5) is 10.5 Å². The standard InChI is InChI=1S/C35H42N4O6/c1-6-20-45-29-13-8-10-26(22-29)25-14-18-39(19-15-25)17-9-16-36-35(42)38-28-12-7-11-27(21-28)32-30(33(40)43-4)23(2)37-24(3)31(32)34(41)44-5/h1,7-8,10-13,21-22,25,30,32H,9,14-20H2,2-5H3,(H2,36,38,42). The lowest BCUT2D eigenvalue weighted by Gasteiger charge is -2.32. The summed E-state index contributed by atoms with van der Waals surface area (Å²) in [6.07, 6.45) is 8.26. The molecule has 0 aliphatic carbocycles. The van der Waals surface area contributed by atoms with Crippen LogP contribution in [0.25, 0.3) is 0 Å². The number of likely N-dealkylation sites (tertiary alicyclic amines) is 1. The number of carbonyl (C=O) groups is 3. The van der Waals surface area contributed by atoms with Crippen LogP contribution < -0.4 is 15.4 Å². The van der Waals surface area contributed by atoms with Gasteiger partial charge in [0.15, 0.2) is 0 Å². The second kappa shape index (κ2) is 15.9. The fourth-order valence-corrected chi connectivity index (χ4v) is 6.17. The molecular formula is C35H42N4O6. The molecule has 2 aliphatic heterocycles. The molecule has 10 nitrogen and oxygen atoms in total. The maximum atomic E-state index is 12.8. The number of hydrogen-bond acceptors (Lipinski definition) is 8. The fraction of sp³-hybridized carbons (Fsp3) is 0.429. The molecule has 2 aromatic rings. The monoisotopic (exact) mass is 614 g/mol. The molecule has 0 radical (unpaired) electrons. The average molecular weight is 615 g/mol. The van der Waals surface area contributed by atoms with Crippen LogP contribution in [0.1, 0.15) is 56.1 Å². The number of anilines is 1. The molecule has 2 heterocycles. The van der Waals surface area contributed by atoms with E-state index in [4.69, 9.17) is 20.6 Å². The van der Waals surface area contributed by atoms with Crippen molar-refractivity contribution in [1.29, 1.82) is 0 Å². The second-order valence-corrected chi connectivity index (χ2v) is 11.3. The summed E-state index contributed by atoms with van der Waals surface area (Å²) >= 11 is 0. The third-order valence-corrected chi connectivity index (χ3v) is 8.37. The van der Waals surface area contributed by atoms with Crippen LogP contribution in [-0.4, -0.2) is 75.6 Å². The Morgan fingerprint density at radius 1 is 1.02 bits per heavy atom. The highest BCUT2D eigenvalue weighted by atomic mass is 16.5. The van der Waals surface area contributed by atoms with Crippen LogP contribution in [0.5, 0.6) is 5.75 Å². The van der Waals surface area contributed by atoms with Crippen LogP contribution in [0.15, 0.2) is 64.8 Å². The summed E-state index contributed by atoms with van der Waals surface area (Å²) in [5.74, 6) is 1.25. The number of ether oxygens (including phenoxy) is 3. The zero-order valence-electron chi connectivity index (χ0n) is 26.4. The molecule has 0 bridgehead atoms. The van der Waals surface area contributed by atoms with E-state index in [1.807, 2.05) is 18.2 Å². The van der Waals surface area contributed by atoms with Crippen molar-refractivity contribution in [2.75, 3.05) is 52.3 Å². The Bertz CT molecular complexity index is 1480. The molecule has 2 N–H and O–H groups in total. The molecule has 2 aliphatic rings. The number of methoxy groups -OCH3 is 2. The second-order valence-electron chi connectivity index (χ2n) is 11.3. The van der Waals surface area contributed by atoms with Gasteiger partial charge in [-0.15, -0.1) is 6.42 Å². The Morgan fingerprint density at radius 2 is 1.76 bits per heavy atom. The number of aliphatic imine (C=N–C) groups is 1. The van der Waals surface area contributed by atoms with Gasteiger partial charge in [-0.2, -0.15) is 0 Å². The number of nitrogens with zero attached hydrogens (tertiary/aromatic N) is 2. The first-order valence-corrected chi connectivity index (χ1v) is 15.2. The highest BCUT2D eigenvalue weighted by molar-refractivity contribution is 6.07. The Labute approximate surface area is 265 Å². The number of terminal acetylenes is 1. The third-order valence-electron chi connectivity index (χ3n) is 8.37. The first-order valence-electron chi connectivity index (χ1n) is 15.2. The Kier molecular flexibility index (Phi) is 11.8. The number of rotatable bonds is 11. The number of amides is 2. The number of carbonyl (C=O) groups excluding carboxylic acids is 3. The summed E-state index contributed by atoms with van der Waals surface area (Å²) in [5, 5.41) is 5.81. The van der Waals surface area contributed by atoms with Crippen molar-refractivity contribution in [2.45, 2.75) is 44.9 Å². The topological polar surface area (TPSA) is 119 Å². The minimum atomic E-state index is -0.806. The van der Waals surface area contributed by atoms with E-state index in [1.165, 1.54) is 19.8 Å². The molecule has 0 aromatic heterocycles. The van der Waals surface area contributed by atoms with Crippen molar-refractivity contribution < 1.29 is 28.6 Å². The summed E-state index contributed by atoms with van der Waals surface area (Å²) in [7, 11) is 2.60. The molecule has 1 saturated heterocycles. The maximum absolute atomic E-state index is 12.8. The Hall–Kier alpha value is -4.62. The van der Waals surface area contributed by atoms with Gasteiger partial charge in [-0.1, -0.05) is 30.2 Å². The van der Waals surface area contributed by atoms with E-state index in [-0.39, 0.29) is 18.2 Å².